The summed E-state index contributed by atoms with van der Waals surface area (Å²) >= 11 is 0. The van der Waals surface area contributed by atoms with E-state index in [0.29, 0.717) is 6.54 Å². The normalized spacial score (nSPS) is 19.8. The van der Waals surface area contributed by atoms with E-state index in [0.717, 1.165) is 12.8 Å². The number of hydrogen-bond acceptors (Lipinski definition) is 5. The lowest BCUT2D eigenvalue weighted by molar-refractivity contribution is -0.144. The Bertz CT molecular complexity index is 452. The predicted octanol–water partition coefficient (Wildman–Crippen LogP) is 1.50. The highest BCUT2D eigenvalue weighted by molar-refractivity contribution is 5.50. The third kappa shape index (κ3) is 2.89. The molecule has 2 N–H and O–H groups in total. The molecule has 1 atom stereocenters. The van der Waals surface area contributed by atoms with Gasteiger partial charge in [-0.2, -0.15) is 13.2 Å². The fourth-order valence-electron chi connectivity index (χ4n) is 2.16. The zero-order chi connectivity index (χ0) is 14.0. The van der Waals surface area contributed by atoms with E-state index in [1.165, 1.54) is 13.1 Å². The number of rotatable bonds is 3. The average molecular weight is 276 g/mol. The van der Waals surface area contributed by atoms with E-state index in [1.807, 2.05) is 0 Å². The molecular formula is C11H15F3N4O. The van der Waals surface area contributed by atoms with Gasteiger partial charge in [-0.1, -0.05) is 0 Å². The second kappa shape index (κ2) is 5.20. The minimum Gasteiger partial charge on any atom is -0.394 e. The van der Waals surface area contributed by atoms with E-state index in [1.54, 1.807) is 4.90 Å². The molecule has 106 valence electrons. The number of alkyl halides is 3. The van der Waals surface area contributed by atoms with Crippen molar-refractivity contribution < 1.29 is 18.3 Å². The van der Waals surface area contributed by atoms with Gasteiger partial charge < -0.3 is 15.3 Å². The fourth-order valence-corrected chi connectivity index (χ4v) is 2.16. The van der Waals surface area contributed by atoms with Crippen LogP contribution in [0.15, 0.2) is 6.07 Å². The molecule has 0 aromatic carbocycles. The van der Waals surface area contributed by atoms with Gasteiger partial charge >= 0.3 is 6.18 Å². The summed E-state index contributed by atoms with van der Waals surface area (Å²) in [4.78, 5) is 8.67. The summed E-state index contributed by atoms with van der Waals surface area (Å²) in [6.07, 6.45) is -3.02. The van der Waals surface area contributed by atoms with Gasteiger partial charge in [-0.3, -0.25) is 0 Å². The third-order valence-corrected chi connectivity index (χ3v) is 3.10. The van der Waals surface area contributed by atoms with Crippen LogP contribution in [0.2, 0.25) is 0 Å². The topological polar surface area (TPSA) is 61.3 Å². The minimum absolute atomic E-state index is 0.0970. The Balaban J connectivity index is 2.39. The lowest BCUT2D eigenvalue weighted by atomic mass is 10.2. The molecule has 2 rings (SSSR count). The Kier molecular flexibility index (Phi) is 3.79. The van der Waals surface area contributed by atoms with Gasteiger partial charge in [-0.15, -0.1) is 0 Å². The number of nitrogens with zero attached hydrogens (tertiary/aromatic N) is 3. The van der Waals surface area contributed by atoms with Crippen LogP contribution in [0.5, 0.6) is 0 Å². The molecule has 1 unspecified atom stereocenters. The first-order valence-corrected chi connectivity index (χ1v) is 5.97. The van der Waals surface area contributed by atoms with Gasteiger partial charge in [0.2, 0.25) is 5.82 Å². The first kappa shape index (κ1) is 13.9. The summed E-state index contributed by atoms with van der Waals surface area (Å²) in [6.45, 7) is 0.489. The Morgan fingerprint density at radius 2 is 2.21 bits per heavy atom. The number of hydrogen-bond donors (Lipinski definition) is 2. The van der Waals surface area contributed by atoms with Crippen LogP contribution in [0.25, 0.3) is 0 Å². The van der Waals surface area contributed by atoms with Crippen LogP contribution in [-0.4, -0.2) is 41.3 Å². The van der Waals surface area contributed by atoms with Crippen molar-refractivity contribution in [3.05, 3.63) is 11.9 Å². The zero-order valence-corrected chi connectivity index (χ0v) is 10.4. The smallest absolute Gasteiger partial charge is 0.394 e. The number of anilines is 2. The second-order valence-corrected chi connectivity index (χ2v) is 4.35. The summed E-state index contributed by atoms with van der Waals surface area (Å²) in [5.74, 6) is -0.859. The van der Waals surface area contributed by atoms with Gasteiger partial charge in [0.05, 0.1) is 12.6 Å². The lowest BCUT2D eigenvalue weighted by Crippen LogP contribution is -2.33. The molecule has 1 aromatic heterocycles. The van der Waals surface area contributed by atoms with E-state index in [9.17, 15) is 18.3 Å². The van der Waals surface area contributed by atoms with Crippen LogP contribution >= 0.6 is 0 Å². The average Bonchev–Trinajstić information content (AvgIpc) is 2.85. The fraction of sp³-hybridized carbons (Fsp3) is 0.636. The predicted molar refractivity (Wildman–Crippen MR) is 64.0 cm³/mol. The Hall–Kier alpha value is -1.57. The molecule has 0 radical (unpaired) electrons. The third-order valence-electron chi connectivity index (χ3n) is 3.10. The van der Waals surface area contributed by atoms with E-state index in [4.69, 9.17) is 0 Å². The largest absolute Gasteiger partial charge is 0.451 e. The summed E-state index contributed by atoms with van der Waals surface area (Å²) in [7, 11) is 1.50. The van der Waals surface area contributed by atoms with Crippen LogP contribution in [0.3, 0.4) is 0 Å². The maximum absolute atomic E-state index is 12.7. The first-order valence-electron chi connectivity index (χ1n) is 5.97. The highest BCUT2D eigenvalue weighted by Gasteiger charge is 2.36. The quantitative estimate of drug-likeness (QED) is 0.876. The van der Waals surface area contributed by atoms with Crippen molar-refractivity contribution in [2.24, 2.45) is 0 Å². The van der Waals surface area contributed by atoms with Gasteiger partial charge in [0.25, 0.3) is 0 Å². The maximum atomic E-state index is 12.7. The highest BCUT2D eigenvalue weighted by atomic mass is 19.4. The first-order chi connectivity index (χ1) is 8.95. The van der Waals surface area contributed by atoms with Crippen LogP contribution in [0.4, 0.5) is 24.8 Å². The van der Waals surface area contributed by atoms with Crippen LogP contribution in [0, 0.1) is 0 Å². The Labute approximate surface area is 108 Å². The van der Waals surface area contributed by atoms with Crippen LogP contribution < -0.4 is 10.2 Å². The monoisotopic (exact) mass is 276 g/mol. The van der Waals surface area contributed by atoms with Crippen molar-refractivity contribution in [2.45, 2.75) is 25.1 Å². The van der Waals surface area contributed by atoms with Crippen molar-refractivity contribution in [2.75, 3.05) is 30.4 Å². The van der Waals surface area contributed by atoms with Crippen molar-refractivity contribution in [1.29, 1.82) is 0 Å². The number of nitrogens with one attached hydrogen (secondary N) is 1. The van der Waals surface area contributed by atoms with Crippen LogP contribution in [-0.2, 0) is 6.18 Å². The summed E-state index contributed by atoms with van der Waals surface area (Å²) in [5.41, 5.74) is 0. The van der Waals surface area contributed by atoms with Gasteiger partial charge in [0, 0.05) is 19.7 Å². The van der Waals surface area contributed by atoms with Crippen LogP contribution in [0.1, 0.15) is 18.7 Å². The van der Waals surface area contributed by atoms with Crippen molar-refractivity contribution in [1.82, 2.24) is 9.97 Å². The van der Waals surface area contributed by atoms with E-state index < -0.39 is 12.0 Å². The molecule has 19 heavy (non-hydrogen) atoms. The molecule has 0 bridgehead atoms. The number of aliphatic hydroxyl groups excluding tert-OH is 1. The molecular weight excluding hydrogens is 261 g/mol. The molecule has 1 aliphatic heterocycles. The Morgan fingerprint density at radius 1 is 1.47 bits per heavy atom. The molecule has 0 saturated carbocycles. The summed E-state index contributed by atoms with van der Waals surface area (Å²) in [5, 5.41) is 11.8. The lowest BCUT2D eigenvalue weighted by Gasteiger charge is -2.25. The van der Waals surface area contributed by atoms with Gasteiger partial charge in [-0.05, 0) is 12.8 Å². The molecule has 1 saturated heterocycles. The molecule has 1 fully saturated rings. The van der Waals surface area contributed by atoms with Gasteiger partial charge in [0.15, 0.2) is 0 Å². The summed E-state index contributed by atoms with van der Waals surface area (Å²) in [6, 6.07) is 1.28. The molecule has 0 aliphatic carbocycles. The zero-order valence-electron chi connectivity index (χ0n) is 10.4. The second-order valence-electron chi connectivity index (χ2n) is 4.35. The minimum atomic E-state index is -4.59. The van der Waals surface area contributed by atoms with E-state index in [-0.39, 0.29) is 24.3 Å². The molecule has 2 heterocycles. The number of aliphatic hydroxyl groups is 1. The summed E-state index contributed by atoms with van der Waals surface area (Å²) < 4.78 is 38.2. The van der Waals surface area contributed by atoms with Gasteiger partial charge in [-0.25, -0.2) is 9.97 Å². The molecule has 0 amide bonds. The Morgan fingerprint density at radius 3 is 2.79 bits per heavy atom. The maximum Gasteiger partial charge on any atom is 0.451 e. The molecule has 1 aliphatic rings. The van der Waals surface area contributed by atoms with Crippen molar-refractivity contribution >= 4 is 11.6 Å². The SMILES string of the molecule is CNc1cc(N2CCCC2CO)nc(C(F)(F)F)n1. The molecule has 8 heteroatoms. The van der Waals surface area contributed by atoms with Gasteiger partial charge in [0.1, 0.15) is 11.6 Å². The highest BCUT2D eigenvalue weighted by Crippen LogP contribution is 2.31. The van der Waals surface area contributed by atoms with E-state index >= 15 is 0 Å². The molecule has 5 nitrogen and oxygen atoms in total. The molecule has 1 aromatic rings. The number of aromatic nitrogens is 2. The standard InChI is InChI=1S/C11H15F3N4O/c1-15-8-5-9(17-10(16-8)11(12,13)14)18-4-2-3-7(18)6-19/h5,7,19H,2-4,6H2,1H3,(H,15,16,17). The van der Waals surface area contributed by atoms with Crippen molar-refractivity contribution in [3.63, 3.8) is 0 Å². The van der Waals surface area contributed by atoms with E-state index in [2.05, 4.69) is 15.3 Å². The number of halogens is 3. The van der Waals surface area contributed by atoms with Crippen molar-refractivity contribution in [3.8, 4) is 0 Å². The molecule has 0 spiro atoms.